The number of carbonyl (C=O) groups is 1. The molecule has 0 aromatic heterocycles. The van der Waals surface area contributed by atoms with E-state index >= 15 is 0 Å². The fourth-order valence-electron chi connectivity index (χ4n) is 3.77. The summed E-state index contributed by atoms with van der Waals surface area (Å²) in [7, 11) is 0. The molecule has 3 heteroatoms. The van der Waals surface area contributed by atoms with Crippen LogP contribution < -0.4 is 5.73 Å². The molecule has 1 amide bonds. The summed E-state index contributed by atoms with van der Waals surface area (Å²) in [6, 6.07) is 0.330. The summed E-state index contributed by atoms with van der Waals surface area (Å²) >= 11 is 0. The molecule has 0 radical (unpaired) electrons. The van der Waals surface area contributed by atoms with Crippen molar-refractivity contribution in [3.05, 3.63) is 0 Å². The fraction of sp³-hybridized carbons (Fsp3) is 0.933. The van der Waals surface area contributed by atoms with Crippen molar-refractivity contribution in [1.29, 1.82) is 0 Å². The van der Waals surface area contributed by atoms with E-state index < -0.39 is 0 Å². The van der Waals surface area contributed by atoms with Crippen LogP contribution in [0, 0.1) is 23.7 Å². The van der Waals surface area contributed by atoms with E-state index in [1.807, 2.05) is 0 Å². The average Bonchev–Trinajstić information content (AvgIpc) is 2.88. The predicted octanol–water partition coefficient (Wildman–Crippen LogP) is 2.25. The molecule has 4 atom stereocenters. The Kier molecular flexibility index (Phi) is 4.31. The predicted molar refractivity (Wildman–Crippen MR) is 74.0 cm³/mol. The lowest BCUT2D eigenvalue weighted by atomic mass is 9.90. The molecule has 0 bridgehead atoms. The second-order valence-corrected chi connectivity index (χ2v) is 6.55. The van der Waals surface area contributed by atoms with Gasteiger partial charge in [-0.05, 0) is 37.0 Å². The van der Waals surface area contributed by atoms with E-state index in [-0.39, 0.29) is 5.92 Å². The van der Waals surface area contributed by atoms with Gasteiger partial charge in [0, 0.05) is 25.0 Å². The molecule has 2 aliphatic rings. The number of amides is 1. The number of nitrogens with zero attached hydrogens (tertiary/aromatic N) is 1. The highest BCUT2D eigenvalue weighted by Gasteiger charge is 2.43. The Labute approximate surface area is 111 Å². The van der Waals surface area contributed by atoms with Crippen molar-refractivity contribution in [2.45, 2.75) is 52.5 Å². The number of hydrogen-bond acceptors (Lipinski definition) is 2. The van der Waals surface area contributed by atoms with Gasteiger partial charge < -0.3 is 10.6 Å². The summed E-state index contributed by atoms with van der Waals surface area (Å²) < 4.78 is 0. The van der Waals surface area contributed by atoms with Crippen LogP contribution in [-0.2, 0) is 4.79 Å². The van der Waals surface area contributed by atoms with E-state index in [2.05, 4.69) is 25.7 Å². The lowest BCUT2D eigenvalue weighted by molar-refractivity contribution is -0.136. The number of hydrogen-bond donors (Lipinski definition) is 1. The van der Waals surface area contributed by atoms with Crippen molar-refractivity contribution in [1.82, 2.24) is 4.90 Å². The van der Waals surface area contributed by atoms with Crippen molar-refractivity contribution in [2.24, 2.45) is 29.4 Å². The average molecular weight is 252 g/mol. The third kappa shape index (κ3) is 2.56. The van der Waals surface area contributed by atoms with Crippen molar-refractivity contribution in [3.8, 4) is 0 Å². The van der Waals surface area contributed by atoms with Gasteiger partial charge in [-0.25, -0.2) is 0 Å². The van der Waals surface area contributed by atoms with Gasteiger partial charge in [0.05, 0.1) is 0 Å². The first kappa shape index (κ1) is 13.9. The summed E-state index contributed by atoms with van der Waals surface area (Å²) in [4.78, 5) is 14.7. The molecule has 1 aliphatic heterocycles. The van der Waals surface area contributed by atoms with E-state index in [0.717, 1.165) is 32.4 Å². The zero-order valence-electron chi connectivity index (χ0n) is 12.1. The van der Waals surface area contributed by atoms with Crippen LogP contribution in [0.25, 0.3) is 0 Å². The Balaban J connectivity index is 1.98. The molecule has 18 heavy (non-hydrogen) atoms. The SMILES string of the molecule is CCCC(C(=O)N1CC2CCC(N)C2C1)C(C)C. The highest BCUT2D eigenvalue weighted by Crippen LogP contribution is 2.38. The summed E-state index contributed by atoms with van der Waals surface area (Å²) in [5.41, 5.74) is 6.14. The topological polar surface area (TPSA) is 46.3 Å². The highest BCUT2D eigenvalue weighted by molar-refractivity contribution is 5.79. The van der Waals surface area contributed by atoms with Crippen LogP contribution >= 0.6 is 0 Å². The van der Waals surface area contributed by atoms with Crippen LogP contribution in [0.4, 0.5) is 0 Å². The minimum absolute atomic E-state index is 0.213. The third-order valence-electron chi connectivity index (χ3n) is 4.95. The Morgan fingerprint density at radius 1 is 1.33 bits per heavy atom. The normalized spacial score (nSPS) is 32.9. The standard InChI is InChI=1S/C15H28N2O/c1-4-5-12(10(2)3)15(18)17-8-11-6-7-14(16)13(11)9-17/h10-14H,4-9,16H2,1-3H3. The zero-order chi connectivity index (χ0) is 13.3. The summed E-state index contributed by atoms with van der Waals surface area (Å²) in [6.45, 7) is 8.38. The van der Waals surface area contributed by atoms with Gasteiger partial charge in [0.1, 0.15) is 0 Å². The van der Waals surface area contributed by atoms with Gasteiger partial charge in [-0.3, -0.25) is 4.79 Å². The van der Waals surface area contributed by atoms with Crippen LogP contribution in [0.3, 0.4) is 0 Å². The fourth-order valence-corrected chi connectivity index (χ4v) is 3.77. The maximum atomic E-state index is 12.6. The molecule has 2 fully saturated rings. The van der Waals surface area contributed by atoms with E-state index in [1.165, 1.54) is 6.42 Å². The molecule has 1 saturated carbocycles. The molecule has 2 N–H and O–H groups in total. The molecule has 3 nitrogen and oxygen atoms in total. The summed E-state index contributed by atoms with van der Waals surface area (Å²) in [5, 5.41) is 0. The van der Waals surface area contributed by atoms with E-state index in [4.69, 9.17) is 5.73 Å². The van der Waals surface area contributed by atoms with Crippen LogP contribution in [0.15, 0.2) is 0 Å². The van der Waals surface area contributed by atoms with Crippen molar-refractivity contribution in [3.63, 3.8) is 0 Å². The molecule has 1 saturated heterocycles. The monoisotopic (exact) mass is 252 g/mol. The van der Waals surface area contributed by atoms with E-state index in [1.54, 1.807) is 0 Å². The molecular weight excluding hydrogens is 224 g/mol. The van der Waals surface area contributed by atoms with Gasteiger partial charge in [-0.2, -0.15) is 0 Å². The number of rotatable bonds is 4. The molecule has 4 unspecified atom stereocenters. The largest absolute Gasteiger partial charge is 0.342 e. The van der Waals surface area contributed by atoms with Gasteiger partial charge in [-0.1, -0.05) is 27.2 Å². The Hall–Kier alpha value is -0.570. The van der Waals surface area contributed by atoms with Crippen LogP contribution in [0.1, 0.15) is 46.5 Å². The van der Waals surface area contributed by atoms with Gasteiger partial charge in [0.2, 0.25) is 5.91 Å². The number of likely N-dealkylation sites (tertiary alicyclic amines) is 1. The zero-order valence-corrected chi connectivity index (χ0v) is 12.1. The molecular formula is C15H28N2O. The van der Waals surface area contributed by atoms with Crippen LogP contribution in [0.5, 0.6) is 0 Å². The first-order valence-corrected chi connectivity index (χ1v) is 7.59. The third-order valence-corrected chi connectivity index (χ3v) is 4.95. The minimum atomic E-state index is 0.213. The maximum Gasteiger partial charge on any atom is 0.225 e. The lowest BCUT2D eigenvalue weighted by Crippen LogP contribution is -2.38. The number of fused-ring (bicyclic) bond motifs is 1. The van der Waals surface area contributed by atoms with Crippen molar-refractivity contribution in [2.75, 3.05) is 13.1 Å². The summed E-state index contributed by atoms with van der Waals surface area (Å²) in [6.07, 6.45) is 4.48. The number of carbonyl (C=O) groups excluding carboxylic acids is 1. The summed E-state index contributed by atoms with van der Waals surface area (Å²) in [5.74, 6) is 2.30. The number of nitrogens with two attached hydrogens (primary N) is 1. The van der Waals surface area contributed by atoms with E-state index in [9.17, 15) is 4.79 Å². The smallest absolute Gasteiger partial charge is 0.225 e. The molecule has 1 aliphatic carbocycles. The molecule has 2 rings (SSSR count). The molecule has 0 aromatic carbocycles. The molecule has 104 valence electrons. The first-order valence-electron chi connectivity index (χ1n) is 7.59. The van der Waals surface area contributed by atoms with E-state index in [0.29, 0.717) is 29.7 Å². The minimum Gasteiger partial charge on any atom is -0.342 e. The first-order chi connectivity index (χ1) is 8.54. The van der Waals surface area contributed by atoms with Gasteiger partial charge >= 0.3 is 0 Å². The maximum absolute atomic E-state index is 12.6. The Morgan fingerprint density at radius 3 is 2.61 bits per heavy atom. The second kappa shape index (κ2) is 5.60. The lowest BCUT2D eigenvalue weighted by Gasteiger charge is -2.26. The molecule has 0 aromatic rings. The van der Waals surface area contributed by atoms with Gasteiger partial charge in [0.25, 0.3) is 0 Å². The van der Waals surface area contributed by atoms with Crippen molar-refractivity contribution < 1.29 is 4.79 Å². The van der Waals surface area contributed by atoms with Crippen molar-refractivity contribution >= 4 is 5.91 Å². The second-order valence-electron chi connectivity index (χ2n) is 6.55. The quantitative estimate of drug-likeness (QED) is 0.834. The van der Waals surface area contributed by atoms with Gasteiger partial charge in [-0.15, -0.1) is 0 Å². The molecule has 0 spiro atoms. The highest BCUT2D eigenvalue weighted by atomic mass is 16.2. The van der Waals surface area contributed by atoms with Crippen LogP contribution in [-0.4, -0.2) is 29.9 Å². The molecule has 1 heterocycles. The Morgan fingerprint density at radius 2 is 2.06 bits per heavy atom. The van der Waals surface area contributed by atoms with Gasteiger partial charge in [0.15, 0.2) is 0 Å². The Bertz CT molecular complexity index is 303. The van der Waals surface area contributed by atoms with Crippen LogP contribution in [0.2, 0.25) is 0 Å².